The third kappa shape index (κ3) is 4.46. The fourth-order valence-electron chi connectivity index (χ4n) is 1.31. The van der Waals surface area contributed by atoms with E-state index in [2.05, 4.69) is 6.58 Å². The minimum Gasteiger partial charge on any atom is -0.264 e. The number of hydrogen-bond acceptors (Lipinski definition) is 4. The molecule has 0 amide bonds. The molecule has 0 aromatic heterocycles. The smallest absolute Gasteiger partial charge is 0.232 e. The Labute approximate surface area is 127 Å². The van der Waals surface area contributed by atoms with Crippen molar-refractivity contribution in [1.82, 2.24) is 0 Å². The third-order valence-corrected chi connectivity index (χ3v) is 5.58. The van der Waals surface area contributed by atoms with Crippen molar-refractivity contribution in [2.24, 2.45) is 0 Å². The van der Waals surface area contributed by atoms with E-state index in [1.807, 2.05) is 22.6 Å². The van der Waals surface area contributed by atoms with Crippen LogP contribution >= 0.6 is 22.6 Å². The van der Waals surface area contributed by atoms with E-state index in [9.17, 15) is 16.8 Å². The number of halogens is 1. The van der Waals surface area contributed by atoms with Crippen molar-refractivity contribution in [3.63, 3.8) is 0 Å². The van der Waals surface area contributed by atoms with Crippen LogP contribution in [-0.4, -0.2) is 35.9 Å². The molecule has 0 saturated carbocycles. The fraction of sp³-hybridized carbons (Fsp3) is 0.273. The minimum absolute atomic E-state index is 0.141. The number of anilines is 1. The maximum Gasteiger partial charge on any atom is 0.232 e. The molecule has 0 spiro atoms. The number of rotatable bonds is 5. The Balaban J connectivity index is 3.27. The second kappa shape index (κ2) is 5.80. The van der Waals surface area contributed by atoms with Crippen LogP contribution in [0, 0.1) is 3.57 Å². The molecule has 8 heteroatoms. The van der Waals surface area contributed by atoms with Gasteiger partial charge >= 0.3 is 0 Å². The molecule has 0 radical (unpaired) electrons. The van der Waals surface area contributed by atoms with Gasteiger partial charge in [-0.1, -0.05) is 18.7 Å². The van der Waals surface area contributed by atoms with Crippen molar-refractivity contribution in [2.45, 2.75) is 0 Å². The maximum absolute atomic E-state index is 11.8. The van der Waals surface area contributed by atoms with Crippen molar-refractivity contribution in [3.05, 3.63) is 39.3 Å². The van der Waals surface area contributed by atoms with Gasteiger partial charge in [0.1, 0.15) is 0 Å². The normalized spacial score (nSPS) is 12.2. The van der Waals surface area contributed by atoms with Crippen LogP contribution in [0.5, 0.6) is 0 Å². The highest BCUT2D eigenvalue weighted by Crippen LogP contribution is 2.25. The molecule has 0 bridgehead atoms. The summed E-state index contributed by atoms with van der Waals surface area (Å²) in [6.07, 6.45) is 2.04. The van der Waals surface area contributed by atoms with E-state index >= 15 is 0 Å². The van der Waals surface area contributed by atoms with Crippen LogP contribution < -0.4 is 4.31 Å². The summed E-state index contributed by atoms with van der Waals surface area (Å²) < 4.78 is 48.2. The summed E-state index contributed by atoms with van der Waals surface area (Å²) >= 11 is 2.00. The predicted octanol–water partition coefficient (Wildman–Crippen LogP) is 1.62. The van der Waals surface area contributed by atoms with Crippen molar-refractivity contribution in [3.8, 4) is 0 Å². The molecule has 19 heavy (non-hydrogen) atoms. The van der Waals surface area contributed by atoms with Crippen molar-refractivity contribution in [2.75, 3.05) is 23.4 Å². The summed E-state index contributed by atoms with van der Waals surface area (Å²) in [6.45, 7) is 3.16. The van der Waals surface area contributed by atoms with Gasteiger partial charge in [-0.15, -0.1) is 0 Å². The zero-order valence-corrected chi connectivity index (χ0v) is 14.3. The molecule has 0 aliphatic rings. The molecule has 0 aliphatic heterocycles. The lowest BCUT2D eigenvalue weighted by atomic mass is 10.3. The molecule has 0 heterocycles. The lowest BCUT2D eigenvalue weighted by molar-refractivity contribution is 0.597. The van der Waals surface area contributed by atoms with Crippen LogP contribution in [0.2, 0.25) is 0 Å². The molecule has 0 fully saturated rings. The van der Waals surface area contributed by atoms with Gasteiger partial charge in [0, 0.05) is 9.83 Å². The largest absolute Gasteiger partial charge is 0.264 e. The number of benzene rings is 1. The van der Waals surface area contributed by atoms with Crippen LogP contribution in [0.3, 0.4) is 0 Å². The van der Waals surface area contributed by atoms with E-state index in [4.69, 9.17) is 0 Å². The van der Waals surface area contributed by atoms with Crippen LogP contribution in [0.15, 0.2) is 35.7 Å². The van der Waals surface area contributed by atoms with Crippen molar-refractivity contribution < 1.29 is 16.8 Å². The van der Waals surface area contributed by atoms with Gasteiger partial charge in [0.25, 0.3) is 0 Å². The standard InChI is InChI=1S/C11H14INO4S2/c1-9(18(2,14)15)8-13(19(3,16)17)11-7-5-4-6-10(11)12/h4-7H,1,8H2,2-3H3. The Bertz CT molecular complexity index is 695. The first-order valence-electron chi connectivity index (χ1n) is 5.13. The highest BCUT2D eigenvalue weighted by atomic mass is 127. The van der Waals surface area contributed by atoms with E-state index in [0.717, 1.165) is 16.8 Å². The Morgan fingerprint density at radius 3 is 2.16 bits per heavy atom. The average molecular weight is 415 g/mol. The van der Waals surface area contributed by atoms with Gasteiger partial charge in [-0.25, -0.2) is 16.8 Å². The van der Waals surface area contributed by atoms with E-state index in [1.54, 1.807) is 24.3 Å². The maximum atomic E-state index is 11.8. The molecule has 0 unspecified atom stereocenters. The van der Waals surface area contributed by atoms with Crippen LogP contribution in [-0.2, 0) is 19.9 Å². The zero-order valence-electron chi connectivity index (χ0n) is 10.5. The highest BCUT2D eigenvalue weighted by molar-refractivity contribution is 14.1. The average Bonchev–Trinajstić information content (AvgIpc) is 2.24. The Kier molecular flexibility index (Phi) is 5.02. The molecule has 1 aromatic carbocycles. The topological polar surface area (TPSA) is 71.5 Å². The Morgan fingerprint density at radius 1 is 1.21 bits per heavy atom. The van der Waals surface area contributed by atoms with E-state index < -0.39 is 19.9 Å². The van der Waals surface area contributed by atoms with Gasteiger partial charge < -0.3 is 0 Å². The monoisotopic (exact) mass is 415 g/mol. The summed E-state index contributed by atoms with van der Waals surface area (Å²) in [4.78, 5) is -0.141. The van der Waals surface area contributed by atoms with Crippen LogP contribution in [0.1, 0.15) is 0 Å². The first-order chi connectivity index (χ1) is 8.53. The molecule has 5 nitrogen and oxygen atoms in total. The molecule has 0 aliphatic carbocycles. The second-order valence-electron chi connectivity index (χ2n) is 4.03. The molecule has 1 aromatic rings. The zero-order chi connectivity index (χ0) is 14.8. The van der Waals surface area contributed by atoms with E-state index in [0.29, 0.717) is 9.26 Å². The second-order valence-corrected chi connectivity index (χ2v) is 9.22. The summed E-state index contributed by atoms with van der Waals surface area (Å²) in [5.74, 6) is 0. The quantitative estimate of drug-likeness (QED) is 0.686. The van der Waals surface area contributed by atoms with E-state index in [1.165, 1.54) is 0 Å². The number of sulfone groups is 1. The number of nitrogens with zero attached hydrogens (tertiary/aromatic N) is 1. The summed E-state index contributed by atoms with van der Waals surface area (Å²) in [5.41, 5.74) is 0.440. The molecular weight excluding hydrogens is 401 g/mol. The van der Waals surface area contributed by atoms with E-state index in [-0.39, 0.29) is 11.4 Å². The van der Waals surface area contributed by atoms with Gasteiger partial charge in [0.15, 0.2) is 9.84 Å². The van der Waals surface area contributed by atoms with Gasteiger partial charge in [-0.3, -0.25) is 4.31 Å². The van der Waals surface area contributed by atoms with Gasteiger partial charge in [-0.05, 0) is 34.7 Å². The van der Waals surface area contributed by atoms with Crippen LogP contribution in [0.25, 0.3) is 0 Å². The molecule has 0 saturated heterocycles. The summed E-state index contributed by atoms with van der Waals surface area (Å²) in [5, 5.41) is 0. The lowest BCUT2D eigenvalue weighted by Gasteiger charge is -2.23. The molecule has 0 atom stereocenters. The van der Waals surface area contributed by atoms with Crippen molar-refractivity contribution >= 4 is 48.1 Å². The SMILES string of the molecule is C=C(CN(c1ccccc1I)S(C)(=O)=O)S(C)(=O)=O. The van der Waals surface area contributed by atoms with Gasteiger partial charge in [0.2, 0.25) is 10.0 Å². The molecule has 0 N–H and O–H groups in total. The lowest BCUT2D eigenvalue weighted by Crippen LogP contribution is -2.33. The predicted molar refractivity (Wildman–Crippen MR) is 85.3 cm³/mol. The van der Waals surface area contributed by atoms with Gasteiger partial charge in [-0.2, -0.15) is 0 Å². The molecular formula is C11H14INO4S2. The summed E-state index contributed by atoms with van der Waals surface area (Å²) in [7, 11) is -7.07. The first kappa shape index (κ1) is 16.4. The highest BCUT2D eigenvalue weighted by Gasteiger charge is 2.23. The van der Waals surface area contributed by atoms with Crippen LogP contribution in [0.4, 0.5) is 5.69 Å². The first-order valence-corrected chi connectivity index (χ1v) is 9.95. The number of para-hydroxylation sites is 1. The van der Waals surface area contributed by atoms with Crippen molar-refractivity contribution in [1.29, 1.82) is 0 Å². The molecule has 1 rings (SSSR count). The fourth-order valence-corrected chi connectivity index (χ4v) is 3.51. The number of hydrogen-bond donors (Lipinski definition) is 0. The Morgan fingerprint density at radius 2 is 1.74 bits per heavy atom. The van der Waals surface area contributed by atoms with Gasteiger partial charge in [0.05, 0.1) is 23.4 Å². The number of sulfonamides is 1. The minimum atomic E-state index is -3.59. The molecule has 106 valence electrons. The Hall–Kier alpha value is -0.610. The summed E-state index contributed by atoms with van der Waals surface area (Å²) in [6, 6.07) is 6.84. The third-order valence-electron chi connectivity index (χ3n) is 2.37.